The van der Waals surface area contributed by atoms with Gasteiger partial charge in [0, 0.05) is 30.9 Å². The number of fused-ring (bicyclic) bond motifs is 1. The topological polar surface area (TPSA) is 28.2 Å². The third-order valence-electron chi connectivity index (χ3n) is 3.51. The van der Waals surface area contributed by atoms with Crippen LogP contribution in [0.1, 0.15) is 5.69 Å². The second-order valence-corrected chi connectivity index (χ2v) is 5.29. The van der Waals surface area contributed by atoms with E-state index >= 15 is 0 Å². The summed E-state index contributed by atoms with van der Waals surface area (Å²) in [7, 11) is 4.09. The van der Waals surface area contributed by atoms with Gasteiger partial charge in [0.2, 0.25) is 0 Å². The van der Waals surface area contributed by atoms with E-state index in [2.05, 4.69) is 57.7 Å². The predicted molar refractivity (Wildman–Crippen MR) is 89.8 cm³/mol. The van der Waals surface area contributed by atoms with Gasteiger partial charge in [-0.2, -0.15) is 0 Å². The average Bonchev–Trinajstić information content (AvgIpc) is 2.53. The zero-order valence-electron chi connectivity index (χ0n) is 12.4. The second-order valence-electron chi connectivity index (χ2n) is 5.29. The van der Waals surface area contributed by atoms with Crippen LogP contribution in [-0.4, -0.2) is 19.1 Å². The fraction of sp³-hybridized carbons (Fsp3) is 0.167. The van der Waals surface area contributed by atoms with E-state index in [1.807, 2.05) is 32.3 Å². The Balaban J connectivity index is 1.71. The summed E-state index contributed by atoms with van der Waals surface area (Å²) >= 11 is 0. The van der Waals surface area contributed by atoms with Crippen molar-refractivity contribution in [3.05, 3.63) is 66.4 Å². The SMILES string of the molecule is CN(C)c1ccc(NCc2ccc3ccccc3n2)cc1. The Hall–Kier alpha value is -2.55. The Morgan fingerprint density at radius 3 is 2.43 bits per heavy atom. The van der Waals surface area contributed by atoms with Crippen molar-refractivity contribution in [1.82, 2.24) is 4.98 Å². The van der Waals surface area contributed by atoms with Gasteiger partial charge in [0.05, 0.1) is 17.8 Å². The van der Waals surface area contributed by atoms with Gasteiger partial charge in [0.1, 0.15) is 0 Å². The van der Waals surface area contributed by atoms with Crippen LogP contribution in [0.2, 0.25) is 0 Å². The van der Waals surface area contributed by atoms with Crippen molar-refractivity contribution >= 4 is 22.3 Å². The van der Waals surface area contributed by atoms with Gasteiger partial charge in [-0.15, -0.1) is 0 Å². The summed E-state index contributed by atoms with van der Waals surface area (Å²) < 4.78 is 0. The summed E-state index contributed by atoms with van der Waals surface area (Å²) in [6.07, 6.45) is 0. The zero-order chi connectivity index (χ0) is 14.7. The molecule has 0 aliphatic rings. The maximum atomic E-state index is 4.67. The smallest absolute Gasteiger partial charge is 0.0706 e. The van der Waals surface area contributed by atoms with E-state index in [0.717, 1.165) is 23.4 Å². The first-order chi connectivity index (χ1) is 10.2. The third-order valence-corrected chi connectivity index (χ3v) is 3.51. The molecule has 3 rings (SSSR count). The van der Waals surface area contributed by atoms with E-state index in [-0.39, 0.29) is 0 Å². The number of benzene rings is 2. The molecule has 3 heteroatoms. The average molecular weight is 277 g/mol. The van der Waals surface area contributed by atoms with E-state index in [1.165, 1.54) is 11.1 Å². The lowest BCUT2D eigenvalue weighted by atomic mass is 10.2. The fourth-order valence-corrected chi connectivity index (χ4v) is 2.28. The van der Waals surface area contributed by atoms with E-state index in [0.29, 0.717) is 0 Å². The van der Waals surface area contributed by atoms with Gasteiger partial charge >= 0.3 is 0 Å². The van der Waals surface area contributed by atoms with Crippen LogP contribution in [-0.2, 0) is 6.54 Å². The maximum Gasteiger partial charge on any atom is 0.0706 e. The van der Waals surface area contributed by atoms with E-state index in [9.17, 15) is 0 Å². The van der Waals surface area contributed by atoms with Gasteiger partial charge in [-0.05, 0) is 36.4 Å². The number of aromatic nitrogens is 1. The number of pyridine rings is 1. The number of hydrogen-bond donors (Lipinski definition) is 1. The Labute approximate surface area is 125 Å². The normalized spacial score (nSPS) is 10.6. The molecule has 0 saturated heterocycles. The summed E-state index contributed by atoms with van der Waals surface area (Å²) in [5.41, 5.74) is 4.39. The molecule has 21 heavy (non-hydrogen) atoms. The van der Waals surface area contributed by atoms with Gasteiger partial charge in [0.25, 0.3) is 0 Å². The van der Waals surface area contributed by atoms with Crippen molar-refractivity contribution in [2.45, 2.75) is 6.54 Å². The fourth-order valence-electron chi connectivity index (χ4n) is 2.28. The van der Waals surface area contributed by atoms with Crippen molar-refractivity contribution in [2.75, 3.05) is 24.3 Å². The number of nitrogens with one attached hydrogen (secondary N) is 1. The lowest BCUT2D eigenvalue weighted by Crippen LogP contribution is -2.08. The van der Waals surface area contributed by atoms with Crippen molar-refractivity contribution in [3.8, 4) is 0 Å². The van der Waals surface area contributed by atoms with Gasteiger partial charge in [-0.3, -0.25) is 4.98 Å². The number of anilines is 2. The van der Waals surface area contributed by atoms with Crippen LogP contribution < -0.4 is 10.2 Å². The lowest BCUT2D eigenvalue weighted by Gasteiger charge is -2.13. The Kier molecular flexibility index (Phi) is 3.73. The zero-order valence-corrected chi connectivity index (χ0v) is 12.4. The minimum absolute atomic E-state index is 0.728. The first kappa shape index (κ1) is 13.4. The summed E-state index contributed by atoms with van der Waals surface area (Å²) in [5, 5.41) is 4.59. The molecule has 0 spiro atoms. The Morgan fingerprint density at radius 2 is 1.67 bits per heavy atom. The molecule has 1 heterocycles. The highest BCUT2D eigenvalue weighted by Gasteiger charge is 1.99. The van der Waals surface area contributed by atoms with Crippen molar-refractivity contribution in [3.63, 3.8) is 0 Å². The summed E-state index contributed by atoms with van der Waals surface area (Å²) in [6, 6.07) is 20.8. The minimum Gasteiger partial charge on any atom is -0.379 e. The number of nitrogens with zero attached hydrogens (tertiary/aromatic N) is 2. The van der Waals surface area contributed by atoms with Crippen LogP contribution in [0.15, 0.2) is 60.7 Å². The molecule has 0 aliphatic carbocycles. The second kappa shape index (κ2) is 5.83. The number of hydrogen-bond acceptors (Lipinski definition) is 3. The molecule has 0 atom stereocenters. The summed E-state index contributed by atoms with van der Waals surface area (Å²) in [5.74, 6) is 0. The maximum absolute atomic E-state index is 4.67. The highest BCUT2D eigenvalue weighted by Crippen LogP contribution is 2.17. The van der Waals surface area contributed by atoms with Crippen LogP contribution in [0.25, 0.3) is 10.9 Å². The Morgan fingerprint density at radius 1 is 0.905 bits per heavy atom. The van der Waals surface area contributed by atoms with Crippen LogP contribution in [0.5, 0.6) is 0 Å². The molecule has 0 fully saturated rings. The van der Waals surface area contributed by atoms with Crippen LogP contribution in [0.3, 0.4) is 0 Å². The highest BCUT2D eigenvalue weighted by molar-refractivity contribution is 5.78. The monoisotopic (exact) mass is 277 g/mol. The van der Waals surface area contributed by atoms with Crippen molar-refractivity contribution < 1.29 is 0 Å². The molecule has 0 unspecified atom stereocenters. The van der Waals surface area contributed by atoms with E-state index in [4.69, 9.17) is 0 Å². The molecule has 0 amide bonds. The Bertz CT molecular complexity index is 733. The molecule has 106 valence electrons. The molecule has 0 bridgehead atoms. The molecular formula is C18H19N3. The van der Waals surface area contributed by atoms with E-state index < -0.39 is 0 Å². The molecule has 3 aromatic rings. The standard InChI is InChI=1S/C18H19N3/c1-21(2)17-11-9-15(10-12-17)19-13-16-8-7-14-5-3-4-6-18(14)20-16/h3-12,19H,13H2,1-2H3. The first-order valence-electron chi connectivity index (χ1n) is 7.08. The molecule has 2 aromatic carbocycles. The largest absolute Gasteiger partial charge is 0.379 e. The molecule has 3 nitrogen and oxygen atoms in total. The molecule has 1 N–H and O–H groups in total. The molecule has 0 saturated carbocycles. The molecule has 0 aliphatic heterocycles. The van der Waals surface area contributed by atoms with Crippen LogP contribution >= 0.6 is 0 Å². The van der Waals surface area contributed by atoms with Gasteiger partial charge in [-0.25, -0.2) is 0 Å². The molecule has 1 aromatic heterocycles. The minimum atomic E-state index is 0.728. The number of para-hydroxylation sites is 1. The molecular weight excluding hydrogens is 258 g/mol. The van der Waals surface area contributed by atoms with Gasteiger partial charge in [0.15, 0.2) is 0 Å². The van der Waals surface area contributed by atoms with Gasteiger partial charge < -0.3 is 10.2 Å². The highest BCUT2D eigenvalue weighted by atomic mass is 15.1. The third kappa shape index (κ3) is 3.14. The van der Waals surface area contributed by atoms with Crippen molar-refractivity contribution in [2.24, 2.45) is 0 Å². The lowest BCUT2D eigenvalue weighted by molar-refractivity contribution is 1.07. The van der Waals surface area contributed by atoms with Crippen LogP contribution in [0, 0.1) is 0 Å². The summed E-state index contributed by atoms with van der Waals surface area (Å²) in [4.78, 5) is 6.76. The molecule has 0 radical (unpaired) electrons. The summed E-state index contributed by atoms with van der Waals surface area (Å²) in [6.45, 7) is 0.728. The number of rotatable bonds is 4. The van der Waals surface area contributed by atoms with Crippen LogP contribution in [0.4, 0.5) is 11.4 Å². The van der Waals surface area contributed by atoms with Crippen molar-refractivity contribution in [1.29, 1.82) is 0 Å². The predicted octanol–water partition coefficient (Wildman–Crippen LogP) is 3.91. The first-order valence-corrected chi connectivity index (χ1v) is 7.08. The van der Waals surface area contributed by atoms with Gasteiger partial charge in [-0.1, -0.05) is 24.3 Å². The quantitative estimate of drug-likeness (QED) is 0.783. The van der Waals surface area contributed by atoms with E-state index in [1.54, 1.807) is 0 Å².